The molecule has 3 unspecified atom stereocenters. The van der Waals surface area contributed by atoms with Gasteiger partial charge >= 0.3 is 0 Å². The molecule has 0 aromatic heterocycles. The van der Waals surface area contributed by atoms with E-state index in [1.165, 1.54) is 12.8 Å². The van der Waals surface area contributed by atoms with Crippen molar-refractivity contribution in [2.75, 3.05) is 26.2 Å². The van der Waals surface area contributed by atoms with Crippen LogP contribution in [-0.2, 0) is 9.53 Å². The molecule has 4 nitrogen and oxygen atoms in total. The van der Waals surface area contributed by atoms with E-state index in [-0.39, 0.29) is 12.0 Å². The van der Waals surface area contributed by atoms with Crippen molar-refractivity contribution in [1.29, 1.82) is 0 Å². The molecule has 0 radical (unpaired) electrons. The molecule has 2 aliphatic rings. The quantitative estimate of drug-likeness (QED) is 0.738. The Bertz CT molecular complexity index is 239. The van der Waals surface area contributed by atoms with Gasteiger partial charge in [-0.1, -0.05) is 6.92 Å². The zero-order chi connectivity index (χ0) is 11.4. The number of hydrogen-bond acceptors (Lipinski definition) is 3. The van der Waals surface area contributed by atoms with E-state index >= 15 is 0 Å². The van der Waals surface area contributed by atoms with E-state index in [1.807, 2.05) is 0 Å². The Balaban J connectivity index is 1.70. The summed E-state index contributed by atoms with van der Waals surface area (Å²) >= 11 is 0. The summed E-state index contributed by atoms with van der Waals surface area (Å²) < 4.78 is 5.44. The maximum Gasteiger partial charge on any atom is 0.249 e. The van der Waals surface area contributed by atoms with Crippen molar-refractivity contribution in [2.45, 2.75) is 32.3 Å². The lowest BCUT2D eigenvalue weighted by Crippen LogP contribution is -2.42. The van der Waals surface area contributed by atoms with Gasteiger partial charge in [0.05, 0.1) is 0 Å². The van der Waals surface area contributed by atoms with Crippen LogP contribution < -0.4 is 10.6 Å². The van der Waals surface area contributed by atoms with Crippen LogP contribution in [0.5, 0.6) is 0 Å². The van der Waals surface area contributed by atoms with Gasteiger partial charge in [0.1, 0.15) is 6.10 Å². The summed E-state index contributed by atoms with van der Waals surface area (Å²) in [6.07, 6.45) is 3.23. The fourth-order valence-electron chi connectivity index (χ4n) is 2.47. The van der Waals surface area contributed by atoms with Crippen LogP contribution in [0.2, 0.25) is 0 Å². The molecule has 2 rings (SSSR count). The van der Waals surface area contributed by atoms with Gasteiger partial charge in [0.2, 0.25) is 5.91 Å². The fraction of sp³-hybridized carbons (Fsp3) is 0.917. The zero-order valence-electron chi connectivity index (χ0n) is 10.00. The van der Waals surface area contributed by atoms with Crippen LogP contribution in [0.3, 0.4) is 0 Å². The highest BCUT2D eigenvalue weighted by atomic mass is 16.5. The number of nitrogens with one attached hydrogen (secondary N) is 2. The lowest BCUT2D eigenvalue weighted by Gasteiger charge is -2.24. The number of carbonyl (C=O) groups excluding carboxylic acids is 1. The maximum atomic E-state index is 11.8. The number of rotatable bonds is 3. The monoisotopic (exact) mass is 226 g/mol. The van der Waals surface area contributed by atoms with E-state index < -0.39 is 0 Å². The molecule has 0 bridgehead atoms. The molecule has 2 aliphatic heterocycles. The predicted octanol–water partition coefficient (Wildman–Crippen LogP) is 0.527. The molecule has 0 aromatic carbocycles. The molecule has 0 aliphatic carbocycles. The average molecular weight is 226 g/mol. The molecule has 92 valence electrons. The second kappa shape index (κ2) is 5.64. The van der Waals surface area contributed by atoms with Crippen LogP contribution in [0.25, 0.3) is 0 Å². The molecule has 2 N–H and O–H groups in total. The third-order valence-corrected chi connectivity index (χ3v) is 3.61. The van der Waals surface area contributed by atoms with Crippen LogP contribution in [0, 0.1) is 11.8 Å². The first kappa shape index (κ1) is 11.9. The van der Waals surface area contributed by atoms with Gasteiger partial charge in [-0.2, -0.15) is 0 Å². The van der Waals surface area contributed by atoms with Gasteiger partial charge in [0.25, 0.3) is 0 Å². The SMILES string of the molecule is CC1CCOC1C(=O)NCC1CCCNC1. The van der Waals surface area contributed by atoms with E-state index in [4.69, 9.17) is 4.74 Å². The van der Waals surface area contributed by atoms with Crippen molar-refractivity contribution < 1.29 is 9.53 Å². The van der Waals surface area contributed by atoms with Crippen LogP contribution in [-0.4, -0.2) is 38.3 Å². The number of hydrogen-bond donors (Lipinski definition) is 2. The Morgan fingerprint density at radius 3 is 3.00 bits per heavy atom. The number of piperidine rings is 1. The molecule has 0 spiro atoms. The van der Waals surface area contributed by atoms with Crippen LogP contribution in [0.15, 0.2) is 0 Å². The van der Waals surface area contributed by atoms with Crippen molar-refractivity contribution in [1.82, 2.24) is 10.6 Å². The van der Waals surface area contributed by atoms with E-state index in [2.05, 4.69) is 17.6 Å². The summed E-state index contributed by atoms with van der Waals surface area (Å²) in [5, 5.41) is 6.38. The van der Waals surface area contributed by atoms with Crippen molar-refractivity contribution in [3.63, 3.8) is 0 Å². The summed E-state index contributed by atoms with van der Waals surface area (Å²) in [6, 6.07) is 0. The van der Waals surface area contributed by atoms with Crippen LogP contribution in [0.1, 0.15) is 26.2 Å². The lowest BCUT2D eigenvalue weighted by atomic mass is 9.99. The first-order valence-electron chi connectivity index (χ1n) is 6.37. The van der Waals surface area contributed by atoms with E-state index in [0.29, 0.717) is 11.8 Å². The minimum absolute atomic E-state index is 0.0792. The van der Waals surface area contributed by atoms with Crippen molar-refractivity contribution in [2.24, 2.45) is 11.8 Å². The zero-order valence-corrected chi connectivity index (χ0v) is 10.00. The first-order chi connectivity index (χ1) is 7.77. The summed E-state index contributed by atoms with van der Waals surface area (Å²) in [7, 11) is 0. The molecule has 16 heavy (non-hydrogen) atoms. The largest absolute Gasteiger partial charge is 0.368 e. The molecular formula is C12H22N2O2. The molecule has 0 saturated carbocycles. The highest BCUT2D eigenvalue weighted by molar-refractivity contribution is 5.81. The summed E-state index contributed by atoms with van der Waals surface area (Å²) in [6.45, 7) is 5.75. The third kappa shape index (κ3) is 2.95. The highest BCUT2D eigenvalue weighted by Crippen LogP contribution is 2.20. The number of carbonyl (C=O) groups is 1. The first-order valence-corrected chi connectivity index (χ1v) is 6.37. The van der Waals surface area contributed by atoms with Gasteiger partial charge in [-0.3, -0.25) is 4.79 Å². The van der Waals surface area contributed by atoms with E-state index in [1.54, 1.807) is 0 Å². The third-order valence-electron chi connectivity index (χ3n) is 3.61. The normalized spacial score (nSPS) is 34.9. The Morgan fingerprint density at radius 1 is 1.50 bits per heavy atom. The highest BCUT2D eigenvalue weighted by Gasteiger charge is 2.30. The summed E-state index contributed by atoms with van der Waals surface area (Å²) in [4.78, 5) is 11.8. The lowest BCUT2D eigenvalue weighted by molar-refractivity contribution is -0.131. The van der Waals surface area contributed by atoms with Gasteiger partial charge in [-0.15, -0.1) is 0 Å². The Kier molecular flexibility index (Phi) is 4.18. The molecule has 2 heterocycles. The number of ether oxygens (including phenoxy) is 1. The maximum absolute atomic E-state index is 11.8. The summed E-state index contributed by atoms with van der Waals surface area (Å²) in [5.74, 6) is 1.04. The van der Waals surface area contributed by atoms with Crippen LogP contribution in [0.4, 0.5) is 0 Å². The molecule has 2 fully saturated rings. The second-order valence-corrected chi connectivity index (χ2v) is 5.01. The van der Waals surface area contributed by atoms with Gasteiger partial charge in [0, 0.05) is 13.2 Å². The topological polar surface area (TPSA) is 50.4 Å². The second-order valence-electron chi connectivity index (χ2n) is 5.01. The minimum atomic E-state index is -0.212. The van der Waals surface area contributed by atoms with Crippen molar-refractivity contribution in [3.8, 4) is 0 Å². The average Bonchev–Trinajstić information content (AvgIpc) is 2.74. The molecular weight excluding hydrogens is 204 g/mol. The smallest absolute Gasteiger partial charge is 0.249 e. The van der Waals surface area contributed by atoms with Crippen LogP contribution >= 0.6 is 0 Å². The van der Waals surface area contributed by atoms with Crippen molar-refractivity contribution >= 4 is 5.91 Å². The van der Waals surface area contributed by atoms with Crippen molar-refractivity contribution in [3.05, 3.63) is 0 Å². The predicted molar refractivity (Wildman–Crippen MR) is 62.1 cm³/mol. The van der Waals surface area contributed by atoms with Gasteiger partial charge in [-0.05, 0) is 44.2 Å². The molecule has 4 heteroatoms. The van der Waals surface area contributed by atoms with E-state index in [0.717, 1.165) is 32.7 Å². The van der Waals surface area contributed by atoms with Gasteiger partial charge in [0.15, 0.2) is 0 Å². The molecule has 3 atom stereocenters. The summed E-state index contributed by atoms with van der Waals surface area (Å²) in [5.41, 5.74) is 0. The Labute approximate surface area is 97.1 Å². The van der Waals surface area contributed by atoms with Gasteiger partial charge in [-0.25, -0.2) is 0 Å². The Hall–Kier alpha value is -0.610. The molecule has 1 amide bonds. The standard InChI is InChI=1S/C12H22N2O2/c1-9-4-6-16-11(9)12(15)14-8-10-3-2-5-13-7-10/h9-11,13H,2-8H2,1H3,(H,14,15). The molecule has 2 saturated heterocycles. The van der Waals surface area contributed by atoms with Gasteiger partial charge < -0.3 is 15.4 Å². The Morgan fingerprint density at radius 2 is 2.38 bits per heavy atom. The van der Waals surface area contributed by atoms with E-state index in [9.17, 15) is 4.79 Å². The minimum Gasteiger partial charge on any atom is -0.368 e. The fourth-order valence-corrected chi connectivity index (χ4v) is 2.47. The molecule has 0 aromatic rings. The number of amides is 1.